The van der Waals surface area contributed by atoms with Gasteiger partial charge in [-0.2, -0.15) is 0 Å². The Morgan fingerprint density at radius 2 is 1.90 bits per heavy atom. The molecule has 2 aromatic carbocycles. The van der Waals surface area contributed by atoms with Gasteiger partial charge >= 0.3 is 0 Å². The molecular weight excluding hydrogens is 272 g/mol. The zero-order valence-electron chi connectivity index (χ0n) is 11.3. The fourth-order valence-electron chi connectivity index (χ4n) is 2.00. The number of halogens is 1. The summed E-state index contributed by atoms with van der Waals surface area (Å²) in [6.07, 6.45) is 0.274. The fourth-order valence-corrected chi connectivity index (χ4v) is 2.22. The van der Waals surface area contributed by atoms with E-state index in [0.29, 0.717) is 0 Å². The molecule has 0 bridgehead atoms. The van der Waals surface area contributed by atoms with Crippen LogP contribution in [0.25, 0.3) is 0 Å². The highest BCUT2D eigenvalue weighted by molar-refractivity contribution is 6.30. The smallest absolute Gasteiger partial charge is 0.221 e. The Kier molecular flexibility index (Phi) is 4.64. The monoisotopic (exact) mass is 288 g/mol. The van der Waals surface area contributed by atoms with Crippen molar-refractivity contribution in [3.05, 3.63) is 64.2 Å². The topological polar surface area (TPSA) is 55.1 Å². The molecule has 0 atom stereocenters. The van der Waals surface area contributed by atoms with Gasteiger partial charge in [-0.1, -0.05) is 29.8 Å². The molecule has 0 aromatic heterocycles. The van der Waals surface area contributed by atoms with E-state index in [-0.39, 0.29) is 12.3 Å². The predicted octanol–water partition coefficient (Wildman–Crippen LogP) is 3.29. The molecule has 0 fully saturated rings. The first kappa shape index (κ1) is 14.4. The molecule has 0 unspecified atom stereocenters. The number of hydrogen-bond donors (Lipinski definition) is 2. The lowest BCUT2D eigenvalue weighted by molar-refractivity contribution is -0.117. The lowest BCUT2D eigenvalue weighted by atomic mass is 10.1. The van der Waals surface area contributed by atoms with Crippen molar-refractivity contribution in [2.45, 2.75) is 19.9 Å². The average molecular weight is 289 g/mol. The Morgan fingerprint density at radius 1 is 1.20 bits per heavy atom. The molecule has 0 heterocycles. The fraction of sp³-hybridized carbons (Fsp3) is 0.188. The van der Waals surface area contributed by atoms with Gasteiger partial charge in [0, 0.05) is 17.3 Å². The number of carbonyl (C=O) groups is 1. The summed E-state index contributed by atoms with van der Waals surface area (Å²) in [4.78, 5) is 10.8. The van der Waals surface area contributed by atoms with Crippen molar-refractivity contribution in [1.29, 1.82) is 0 Å². The van der Waals surface area contributed by atoms with Gasteiger partial charge in [-0.3, -0.25) is 4.79 Å². The van der Waals surface area contributed by atoms with Crippen LogP contribution in [-0.2, 0) is 17.8 Å². The van der Waals surface area contributed by atoms with Crippen LogP contribution in [0.3, 0.4) is 0 Å². The molecule has 0 aliphatic rings. The van der Waals surface area contributed by atoms with E-state index in [0.717, 1.165) is 28.4 Å². The lowest BCUT2D eigenvalue weighted by Crippen LogP contribution is -2.13. The van der Waals surface area contributed by atoms with E-state index in [1.54, 1.807) is 0 Å². The van der Waals surface area contributed by atoms with Gasteiger partial charge in [0.15, 0.2) is 0 Å². The van der Waals surface area contributed by atoms with Crippen molar-refractivity contribution < 1.29 is 4.79 Å². The van der Waals surface area contributed by atoms with Gasteiger partial charge in [-0.05, 0) is 47.9 Å². The molecule has 2 rings (SSSR count). The van der Waals surface area contributed by atoms with E-state index in [1.807, 2.05) is 49.4 Å². The van der Waals surface area contributed by atoms with Crippen LogP contribution in [0.1, 0.15) is 16.7 Å². The van der Waals surface area contributed by atoms with Crippen LogP contribution in [0.2, 0.25) is 5.02 Å². The van der Waals surface area contributed by atoms with Crippen molar-refractivity contribution in [3.63, 3.8) is 0 Å². The third-order valence-electron chi connectivity index (χ3n) is 3.12. The van der Waals surface area contributed by atoms with Crippen LogP contribution >= 0.6 is 11.6 Å². The summed E-state index contributed by atoms with van der Waals surface area (Å²) in [5.74, 6) is -0.317. The summed E-state index contributed by atoms with van der Waals surface area (Å²) < 4.78 is 0. The zero-order valence-corrected chi connectivity index (χ0v) is 12.1. The molecule has 0 aliphatic heterocycles. The van der Waals surface area contributed by atoms with E-state index in [1.165, 1.54) is 5.56 Å². The van der Waals surface area contributed by atoms with Crippen LogP contribution in [0.4, 0.5) is 5.69 Å². The molecule has 0 saturated carbocycles. The Bertz CT molecular complexity index is 608. The van der Waals surface area contributed by atoms with Crippen molar-refractivity contribution >= 4 is 23.2 Å². The molecule has 0 spiro atoms. The minimum atomic E-state index is -0.317. The summed E-state index contributed by atoms with van der Waals surface area (Å²) >= 11 is 5.93. The molecule has 20 heavy (non-hydrogen) atoms. The van der Waals surface area contributed by atoms with E-state index in [2.05, 4.69) is 5.32 Å². The number of carbonyl (C=O) groups excluding carboxylic acids is 1. The summed E-state index contributed by atoms with van der Waals surface area (Å²) in [7, 11) is 0. The molecule has 0 aliphatic carbocycles. The number of benzene rings is 2. The number of amides is 1. The van der Waals surface area contributed by atoms with Gasteiger partial charge in [0.2, 0.25) is 5.91 Å². The zero-order chi connectivity index (χ0) is 14.5. The minimum absolute atomic E-state index is 0.274. The van der Waals surface area contributed by atoms with Gasteiger partial charge in [-0.25, -0.2) is 0 Å². The third-order valence-corrected chi connectivity index (χ3v) is 3.35. The van der Waals surface area contributed by atoms with E-state index in [9.17, 15) is 4.79 Å². The number of primary amides is 1. The number of anilines is 1. The molecule has 0 radical (unpaired) electrons. The summed E-state index contributed by atoms with van der Waals surface area (Å²) in [5, 5.41) is 4.09. The molecular formula is C16H17ClN2O. The first-order valence-corrected chi connectivity index (χ1v) is 6.78. The maximum absolute atomic E-state index is 10.8. The van der Waals surface area contributed by atoms with Crippen molar-refractivity contribution in [1.82, 2.24) is 0 Å². The van der Waals surface area contributed by atoms with Gasteiger partial charge < -0.3 is 11.1 Å². The number of aryl methyl sites for hydroxylation is 1. The molecule has 3 N–H and O–H groups in total. The highest BCUT2D eigenvalue weighted by Gasteiger charge is 2.01. The van der Waals surface area contributed by atoms with E-state index < -0.39 is 0 Å². The second-order valence-electron chi connectivity index (χ2n) is 4.76. The predicted molar refractivity (Wildman–Crippen MR) is 82.9 cm³/mol. The Balaban J connectivity index is 1.98. The van der Waals surface area contributed by atoms with Crippen LogP contribution in [0.5, 0.6) is 0 Å². The van der Waals surface area contributed by atoms with Crippen molar-refractivity contribution in [2.24, 2.45) is 5.73 Å². The van der Waals surface area contributed by atoms with Crippen LogP contribution in [-0.4, -0.2) is 5.91 Å². The highest BCUT2D eigenvalue weighted by Crippen LogP contribution is 2.17. The standard InChI is InChI=1S/C16H17ClN2O/c1-11-8-14(17)5-4-13(11)10-19-15-6-2-12(3-7-15)9-16(18)20/h2-8,19H,9-10H2,1H3,(H2,18,20). The molecule has 4 heteroatoms. The second kappa shape index (κ2) is 6.44. The summed E-state index contributed by atoms with van der Waals surface area (Å²) in [5.41, 5.74) is 9.46. The first-order valence-electron chi connectivity index (χ1n) is 6.41. The van der Waals surface area contributed by atoms with Gasteiger partial charge in [0.1, 0.15) is 0 Å². The normalized spacial score (nSPS) is 10.3. The van der Waals surface area contributed by atoms with Crippen LogP contribution in [0.15, 0.2) is 42.5 Å². The van der Waals surface area contributed by atoms with Crippen molar-refractivity contribution in [2.75, 3.05) is 5.32 Å². The first-order chi connectivity index (χ1) is 9.54. The van der Waals surface area contributed by atoms with Crippen LogP contribution < -0.4 is 11.1 Å². The Morgan fingerprint density at radius 3 is 2.50 bits per heavy atom. The third kappa shape index (κ3) is 4.00. The maximum atomic E-state index is 10.8. The highest BCUT2D eigenvalue weighted by atomic mass is 35.5. The van der Waals surface area contributed by atoms with Gasteiger partial charge in [-0.15, -0.1) is 0 Å². The quantitative estimate of drug-likeness (QED) is 0.887. The largest absolute Gasteiger partial charge is 0.381 e. The average Bonchev–Trinajstić information content (AvgIpc) is 2.39. The maximum Gasteiger partial charge on any atom is 0.221 e. The molecule has 0 saturated heterocycles. The number of rotatable bonds is 5. The van der Waals surface area contributed by atoms with Crippen molar-refractivity contribution in [3.8, 4) is 0 Å². The molecule has 1 amide bonds. The lowest BCUT2D eigenvalue weighted by Gasteiger charge is -2.10. The van der Waals surface area contributed by atoms with E-state index in [4.69, 9.17) is 17.3 Å². The van der Waals surface area contributed by atoms with E-state index >= 15 is 0 Å². The molecule has 2 aromatic rings. The summed E-state index contributed by atoms with van der Waals surface area (Å²) in [6.45, 7) is 2.77. The summed E-state index contributed by atoms with van der Waals surface area (Å²) in [6, 6.07) is 13.6. The number of nitrogens with one attached hydrogen (secondary N) is 1. The van der Waals surface area contributed by atoms with Gasteiger partial charge in [0.05, 0.1) is 6.42 Å². The Hall–Kier alpha value is -2.00. The SMILES string of the molecule is Cc1cc(Cl)ccc1CNc1ccc(CC(N)=O)cc1. The molecule has 3 nitrogen and oxygen atoms in total. The van der Waals surface area contributed by atoms with Gasteiger partial charge in [0.25, 0.3) is 0 Å². The second-order valence-corrected chi connectivity index (χ2v) is 5.20. The Labute approximate surface area is 123 Å². The number of hydrogen-bond acceptors (Lipinski definition) is 2. The van der Waals surface area contributed by atoms with Crippen LogP contribution in [0, 0.1) is 6.92 Å². The number of nitrogens with two attached hydrogens (primary N) is 1. The minimum Gasteiger partial charge on any atom is -0.381 e. The molecule has 104 valence electrons.